The second-order valence-electron chi connectivity index (χ2n) is 4.79. The molecule has 0 fully saturated rings. The zero-order valence-electron chi connectivity index (χ0n) is 12.2. The first-order chi connectivity index (χ1) is 10.6. The molecule has 0 bridgehead atoms. The van der Waals surface area contributed by atoms with E-state index in [-0.39, 0.29) is 30.3 Å². The highest BCUT2D eigenvalue weighted by molar-refractivity contribution is 5.96. The summed E-state index contributed by atoms with van der Waals surface area (Å²) in [5.74, 6) is 0.0167. The van der Waals surface area contributed by atoms with Crippen LogP contribution in [-0.4, -0.2) is 30.2 Å². The van der Waals surface area contributed by atoms with Crippen molar-refractivity contribution in [3.63, 3.8) is 0 Å². The average Bonchev–Trinajstić information content (AvgIpc) is 2.51. The van der Waals surface area contributed by atoms with Crippen LogP contribution in [0.4, 0.5) is 4.39 Å². The first-order valence-electron chi connectivity index (χ1n) is 6.85. The van der Waals surface area contributed by atoms with Crippen LogP contribution in [0.1, 0.15) is 17.3 Å². The van der Waals surface area contributed by atoms with Crippen molar-refractivity contribution in [3.8, 4) is 11.5 Å². The van der Waals surface area contributed by atoms with Gasteiger partial charge in [-0.1, -0.05) is 18.2 Å². The van der Waals surface area contributed by atoms with Gasteiger partial charge in [-0.25, -0.2) is 4.39 Å². The molecule has 0 heterocycles. The molecule has 2 aromatic rings. The lowest BCUT2D eigenvalue weighted by Gasteiger charge is -2.15. The van der Waals surface area contributed by atoms with Crippen LogP contribution in [0.25, 0.3) is 0 Å². The van der Waals surface area contributed by atoms with E-state index in [1.165, 1.54) is 19.1 Å². The van der Waals surface area contributed by atoms with Gasteiger partial charge in [0.1, 0.15) is 36.6 Å². The van der Waals surface area contributed by atoms with Crippen molar-refractivity contribution >= 4 is 5.78 Å². The standard InChI is InChI=1S/C17H17FO4/c1-12(19)16-8-7-13(18)9-17(16)22-11-14(20)10-21-15-5-3-2-4-6-15/h2-9,14,20H,10-11H2,1H3. The maximum atomic E-state index is 13.2. The van der Waals surface area contributed by atoms with Crippen LogP contribution in [0, 0.1) is 5.82 Å². The number of carbonyl (C=O) groups excluding carboxylic acids is 1. The Morgan fingerprint density at radius 3 is 2.50 bits per heavy atom. The predicted octanol–water partition coefficient (Wildman–Crippen LogP) is 2.85. The molecule has 22 heavy (non-hydrogen) atoms. The maximum absolute atomic E-state index is 13.2. The third-order valence-corrected chi connectivity index (χ3v) is 2.94. The van der Waals surface area contributed by atoms with E-state index in [9.17, 15) is 14.3 Å². The Morgan fingerprint density at radius 1 is 1.14 bits per heavy atom. The molecule has 0 aliphatic heterocycles. The van der Waals surface area contributed by atoms with Gasteiger partial charge in [-0.2, -0.15) is 0 Å². The van der Waals surface area contributed by atoms with Gasteiger partial charge in [0.05, 0.1) is 5.56 Å². The Hall–Kier alpha value is -2.40. The average molecular weight is 304 g/mol. The number of carbonyl (C=O) groups is 1. The molecule has 0 saturated heterocycles. The number of ether oxygens (including phenoxy) is 2. The summed E-state index contributed by atoms with van der Waals surface area (Å²) in [5.41, 5.74) is 0.276. The van der Waals surface area contributed by atoms with Gasteiger partial charge in [-0.15, -0.1) is 0 Å². The quantitative estimate of drug-likeness (QED) is 0.799. The molecule has 0 saturated carbocycles. The molecule has 0 amide bonds. The van der Waals surface area contributed by atoms with E-state index < -0.39 is 11.9 Å². The molecule has 2 rings (SSSR count). The van der Waals surface area contributed by atoms with Crippen molar-refractivity contribution in [2.45, 2.75) is 13.0 Å². The third kappa shape index (κ3) is 4.56. The van der Waals surface area contributed by atoms with Gasteiger partial charge < -0.3 is 14.6 Å². The minimum atomic E-state index is -0.900. The summed E-state index contributed by atoms with van der Waals surface area (Å²) in [4.78, 5) is 11.4. The van der Waals surface area contributed by atoms with Crippen LogP contribution in [0.2, 0.25) is 0 Å². The van der Waals surface area contributed by atoms with E-state index in [1.807, 2.05) is 18.2 Å². The van der Waals surface area contributed by atoms with E-state index in [2.05, 4.69) is 0 Å². The Morgan fingerprint density at radius 2 is 1.82 bits per heavy atom. The number of aliphatic hydroxyl groups is 1. The minimum Gasteiger partial charge on any atom is -0.491 e. The second-order valence-corrected chi connectivity index (χ2v) is 4.79. The number of hydrogen-bond donors (Lipinski definition) is 1. The Balaban J connectivity index is 1.89. The fourth-order valence-electron chi connectivity index (χ4n) is 1.85. The Kier molecular flexibility index (Phi) is 5.49. The summed E-state index contributed by atoms with van der Waals surface area (Å²) in [6.45, 7) is 1.31. The molecule has 1 unspecified atom stereocenters. The first kappa shape index (κ1) is 16.0. The Labute approximate surface area is 128 Å². The summed E-state index contributed by atoms with van der Waals surface area (Å²) < 4.78 is 24.0. The predicted molar refractivity (Wildman–Crippen MR) is 79.8 cm³/mol. The van der Waals surface area contributed by atoms with Gasteiger partial charge in [-0.3, -0.25) is 4.79 Å². The second kappa shape index (κ2) is 7.56. The number of aliphatic hydroxyl groups excluding tert-OH is 1. The number of ketones is 1. The van der Waals surface area contributed by atoms with Crippen LogP contribution >= 0.6 is 0 Å². The van der Waals surface area contributed by atoms with Crippen molar-refractivity contribution in [1.29, 1.82) is 0 Å². The molecule has 0 aliphatic carbocycles. The maximum Gasteiger partial charge on any atom is 0.163 e. The van der Waals surface area contributed by atoms with Gasteiger partial charge in [0.15, 0.2) is 5.78 Å². The molecule has 116 valence electrons. The fraction of sp³-hybridized carbons (Fsp3) is 0.235. The topological polar surface area (TPSA) is 55.8 Å². The Bertz CT molecular complexity index is 628. The highest BCUT2D eigenvalue weighted by Crippen LogP contribution is 2.20. The molecule has 0 aliphatic rings. The van der Waals surface area contributed by atoms with Gasteiger partial charge in [-0.05, 0) is 31.2 Å². The van der Waals surface area contributed by atoms with Gasteiger partial charge >= 0.3 is 0 Å². The largest absolute Gasteiger partial charge is 0.491 e. The first-order valence-corrected chi connectivity index (χ1v) is 6.85. The molecule has 2 aromatic carbocycles. The SMILES string of the molecule is CC(=O)c1ccc(F)cc1OCC(O)COc1ccccc1. The highest BCUT2D eigenvalue weighted by Gasteiger charge is 2.12. The smallest absolute Gasteiger partial charge is 0.163 e. The van der Waals surface area contributed by atoms with Crippen molar-refractivity contribution in [3.05, 3.63) is 59.9 Å². The summed E-state index contributed by atoms with van der Waals surface area (Å²) >= 11 is 0. The number of halogens is 1. The lowest BCUT2D eigenvalue weighted by molar-refractivity contribution is 0.0619. The summed E-state index contributed by atoms with van der Waals surface area (Å²) in [6.07, 6.45) is -0.900. The van der Waals surface area contributed by atoms with Crippen molar-refractivity contribution in [2.24, 2.45) is 0 Å². The highest BCUT2D eigenvalue weighted by atomic mass is 19.1. The zero-order valence-corrected chi connectivity index (χ0v) is 12.2. The minimum absolute atomic E-state index is 0.0364. The van der Waals surface area contributed by atoms with Crippen LogP contribution in [-0.2, 0) is 0 Å². The summed E-state index contributed by atoms with van der Waals surface area (Å²) in [7, 11) is 0. The molecule has 4 nitrogen and oxygen atoms in total. The number of benzene rings is 2. The number of hydrogen-bond acceptors (Lipinski definition) is 4. The van der Waals surface area contributed by atoms with Crippen LogP contribution in [0.5, 0.6) is 11.5 Å². The van der Waals surface area contributed by atoms with Crippen molar-refractivity contribution in [1.82, 2.24) is 0 Å². The zero-order chi connectivity index (χ0) is 15.9. The summed E-state index contributed by atoms with van der Waals surface area (Å²) in [6, 6.07) is 12.7. The normalized spacial score (nSPS) is 11.8. The van der Waals surface area contributed by atoms with E-state index >= 15 is 0 Å². The van der Waals surface area contributed by atoms with Crippen molar-refractivity contribution in [2.75, 3.05) is 13.2 Å². The monoisotopic (exact) mass is 304 g/mol. The fourth-order valence-corrected chi connectivity index (χ4v) is 1.85. The molecular weight excluding hydrogens is 287 g/mol. The molecule has 1 atom stereocenters. The summed E-state index contributed by atoms with van der Waals surface area (Å²) in [5, 5.41) is 9.84. The number of rotatable bonds is 7. The molecule has 0 radical (unpaired) electrons. The van der Waals surface area contributed by atoms with Gasteiger partial charge in [0.2, 0.25) is 0 Å². The number of para-hydroxylation sites is 1. The lowest BCUT2D eigenvalue weighted by Crippen LogP contribution is -2.25. The van der Waals surface area contributed by atoms with Crippen LogP contribution < -0.4 is 9.47 Å². The number of Topliss-reactive ketones (excluding diaryl/α,β-unsaturated/α-hetero) is 1. The van der Waals surface area contributed by atoms with E-state index in [0.717, 1.165) is 6.07 Å². The van der Waals surface area contributed by atoms with Crippen LogP contribution in [0.3, 0.4) is 0 Å². The van der Waals surface area contributed by atoms with E-state index in [0.29, 0.717) is 5.75 Å². The van der Waals surface area contributed by atoms with E-state index in [4.69, 9.17) is 9.47 Å². The van der Waals surface area contributed by atoms with Gasteiger partial charge in [0.25, 0.3) is 0 Å². The molecule has 0 spiro atoms. The molecule has 1 N–H and O–H groups in total. The third-order valence-electron chi connectivity index (χ3n) is 2.94. The molecule has 5 heteroatoms. The molecule has 0 aromatic heterocycles. The van der Waals surface area contributed by atoms with Crippen LogP contribution in [0.15, 0.2) is 48.5 Å². The molecular formula is C17H17FO4. The van der Waals surface area contributed by atoms with Gasteiger partial charge in [0, 0.05) is 6.07 Å². The lowest BCUT2D eigenvalue weighted by atomic mass is 10.1. The van der Waals surface area contributed by atoms with E-state index in [1.54, 1.807) is 12.1 Å². The van der Waals surface area contributed by atoms with Crippen molar-refractivity contribution < 1.29 is 23.8 Å².